The van der Waals surface area contributed by atoms with Gasteiger partial charge in [-0.2, -0.15) is 5.26 Å². The summed E-state index contributed by atoms with van der Waals surface area (Å²) in [7, 11) is 3.85. The van der Waals surface area contributed by atoms with Gasteiger partial charge in [0, 0.05) is 79.0 Å². The summed E-state index contributed by atoms with van der Waals surface area (Å²) in [5.41, 5.74) is 7.35. The number of anilines is 2. The van der Waals surface area contributed by atoms with E-state index in [0.29, 0.717) is 5.56 Å². The van der Waals surface area contributed by atoms with Gasteiger partial charge in [-0.15, -0.1) is 0 Å². The first-order valence-corrected chi connectivity index (χ1v) is 11.9. The van der Waals surface area contributed by atoms with E-state index in [4.69, 9.17) is 4.74 Å². The minimum atomic E-state index is 0.489. The fraction of sp³-hybridized carbons (Fsp3) is 0.286. The van der Waals surface area contributed by atoms with Gasteiger partial charge in [0.15, 0.2) is 0 Å². The van der Waals surface area contributed by atoms with E-state index in [2.05, 4.69) is 69.4 Å². The van der Waals surface area contributed by atoms with Crippen LogP contribution in [0.15, 0.2) is 55.0 Å². The number of H-pyrrole nitrogens is 1. The maximum absolute atomic E-state index is 9.92. The summed E-state index contributed by atoms with van der Waals surface area (Å²) in [5.74, 6) is 0.755. The molecule has 5 rings (SSSR count). The van der Waals surface area contributed by atoms with Crippen LogP contribution in [0.25, 0.3) is 22.0 Å². The van der Waals surface area contributed by atoms with Crippen molar-refractivity contribution in [2.75, 3.05) is 45.7 Å². The number of methoxy groups -OCH3 is 1. The molecule has 0 unspecified atom stereocenters. The van der Waals surface area contributed by atoms with E-state index < -0.39 is 0 Å². The molecule has 2 N–H and O–H groups in total. The molecule has 35 heavy (non-hydrogen) atoms. The van der Waals surface area contributed by atoms with Gasteiger partial charge in [-0.25, -0.2) is 0 Å². The van der Waals surface area contributed by atoms with Crippen molar-refractivity contribution in [1.82, 2.24) is 19.8 Å². The lowest BCUT2D eigenvalue weighted by atomic mass is 9.99. The van der Waals surface area contributed by atoms with Gasteiger partial charge < -0.3 is 19.9 Å². The second-order valence-corrected chi connectivity index (χ2v) is 9.14. The van der Waals surface area contributed by atoms with Crippen molar-refractivity contribution in [3.05, 3.63) is 71.7 Å². The highest BCUT2D eigenvalue weighted by atomic mass is 16.5. The normalized spacial score (nSPS) is 14.7. The first kappa shape index (κ1) is 22.9. The van der Waals surface area contributed by atoms with E-state index in [1.807, 2.05) is 24.5 Å². The molecule has 0 atom stereocenters. The number of nitrogens with one attached hydrogen (secondary N) is 2. The summed E-state index contributed by atoms with van der Waals surface area (Å²) in [4.78, 5) is 12.5. The standard InChI is InChI=1S/C28H30N6O/c1-19-22-8-9-31-26(22)6-5-25(19)32-28-21(15-29)16-30-17-24(28)23-14-20(4-7-27(23)35-3)18-34-12-10-33(2)11-13-34/h4-9,14,16-17,31H,10-13,18H2,1-3H3,(H,30,32). The smallest absolute Gasteiger partial charge is 0.126 e. The van der Waals surface area contributed by atoms with Gasteiger partial charge in [0.25, 0.3) is 0 Å². The Morgan fingerprint density at radius 3 is 2.69 bits per heavy atom. The van der Waals surface area contributed by atoms with E-state index in [1.165, 1.54) is 5.56 Å². The number of aromatic amines is 1. The zero-order chi connectivity index (χ0) is 24.4. The Kier molecular flexibility index (Phi) is 6.41. The van der Waals surface area contributed by atoms with Gasteiger partial charge in [0.2, 0.25) is 0 Å². The molecule has 0 radical (unpaired) electrons. The molecule has 1 aliphatic rings. The summed E-state index contributed by atoms with van der Waals surface area (Å²) in [6.07, 6.45) is 5.36. The Morgan fingerprint density at radius 2 is 1.91 bits per heavy atom. The van der Waals surface area contributed by atoms with Crippen LogP contribution in [0.4, 0.5) is 11.4 Å². The third-order valence-corrected chi connectivity index (χ3v) is 6.89. The van der Waals surface area contributed by atoms with Crippen molar-refractivity contribution < 1.29 is 4.74 Å². The molecule has 7 heteroatoms. The Hall–Kier alpha value is -3.86. The number of pyridine rings is 1. The number of ether oxygens (including phenoxy) is 1. The van der Waals surface area contributed by atoms with E-state index in [9.17, 15) is 5.26 Å². The summed E-state index contributed by atoms with van der Waals surface area (Å²) in [6, 6.07) is 14.8. The minimum Gasteiger partial charge on any atom is -0.496 e. The fourth-order valence-corrected chi connectivity index (χ4v) is 4.77. The minimum absolute atomic E-state index is 0.489. The van der Waals surface area contributed by atoms with Crippen LogP contribution in [0.5, 0.6) is 5.75 Å². The molecule has 1 fully saturated rings. The van der Waals surface area contributed by atoms with Gasteiger partial charge >= 0.3 is 0 Å². The third kappa shape index (κ3) is 4.59. The number of piperazine rings is 1. The predicted molar refractivity (Wildman–Crippen MR) is 140 cm³/mol. The van der Waals surface area contributed by atoms with Crippen molar-refractivity contribution in [1.29, 1.82) is 5.26 Å². The molecule has 7 nitrogen and oxygen atoms in total. The number of hydrogen-bond donors (Lipinski definition) is 2. The van der Waals surface area contributed by atoms with Crippen LogP contribution >= 0.6 is 0 Å². The van der Waals surface area contributed by atoms with Crippen LogP contribution in [0.3, 0.4) is 0 Å². The summed E-state index contributed by atoms with van der Waals surface area (Å²) >= 11 is 0. The van der Waals surface area contributed by atoms with Gasteiger partial charge in [0.1, 0.15) is 11.8 Å². The maximum atomic E-state index is 9.92. The van der Waals surface area contributed by atoms with Gasteiger partial charge in [-0.3, -0.25) is 9.88 Å². The molecular formula is C28H30N6O. The number of nitrogens with zero attached hydrogens (tertiary/aromatic N) is 4. The third-order valence-electron chi connectivity index (χ3n) is 6.89. The first-order valence-electron chi connectivity index (χ1n) is 11.9. The zero-order valence-electron chi connectivity index (χ0n) is 20.4. The Labute approximate surface area is 206 Å². The highest BCUT2D eigenvalue weighted by Crippen LogP contribution is 2.39. The second-order valence-electron chi connectivity index (χ2n) is 9.14. The number of fused-ring (bicyclic) bond motifs is 1. The number of rotatable bonds is 6. The Bertz CT molecular complexity index is 1390. The summed E-state index contributed by atoms with van der Waals surface area (Å²) in [5, 5.41) is 14.6. The number of nitriles is 1. The van der Waals surface area contributed by atoms with Crippen molar-refractivity contribution in [3.63, 3.8) is 0 Å². The topological polar surface area (TPSA) is 80.2 Å². The number of aromatic nitrogens is 2. The zero-order valence-corrected chi connectivity index (χ0v) is 20.4. The lowest BCUT2D eigenvalue weighted by Crippen LogP contribution is -2.43. The highest BCUT2D eigenvalue weighted by Gasteiger charge is 2.19. The van der Waals surface area contributed by atoms with Crippen molar-refractivity contribution >= 4 is 22.3 Å². The molecule has 2 aromatic carbocycles. The molecule has 1 saturated heterocycles. The number of likely N-dealkylation sites (N-methyl/N-ethyl adjacent to an activating group) is 1. The molecule has 4 aromatic rings. The van der Waals surface area contributed by atoms with Gasteiger partial charge in [-0.05, 0) is 55.4 Å². The second kappa shape index (κ2) is 9.79. The van der Waals surface area contributed by atoms with E-state index in [0.717, 1.165) is 77.4 Å². The SMILES string of the molecule is COc1ccc(CN2CCN(C)CC2)cc1-c1cncc(C#N)c1Nc1ccc2[nH]ccc2c1C. The monoisotopic (exact) mass is 466 g/mol. The molecule has 2 aromatic heterocycles. The van der Waals surface area contributed by atoms with E-state index in [-0.39, 0.29) is 0 Å². The highest BCUT2D eigenvalue weighted by molar-refractivity contribution is 5.92. The summed E-state index contributed by atoms with van der Waals surface area (Å²) in [6.45, 7) is 7.23. The van der Waals surface area contributed by atoms with Crippen LogP contribution in [-0.2, 0) is 6.54 Å². The van der Waals surface area contributed by atoms with Crippen molar-refractivity contribution in [2.45, 2.75) is 13.5 Å². The molecule has 3 heterocycles. The molecule has 0 spiro atoms. The van der Waals surface area contributed by atoms with Crippen molar-refractivity contribution in [2.24, 2.45) is 0 Å². The van der Waals surface area contributed by atoms with Crippen LogP contribution in [0.2, 0.25) is 0 Å². The van der Waals surface area contributed by atoms with Crippen LogP contribution in [0.1, 0.15) is 16.7 Å². The predicted octanol–water partition coefficient (Wildman–Crippen LogP) is 4.91. The Morgan fingerprint density at radius 1 is 1.09 bits per heavy atom. The lowest BCUT2D eigenvalue weighted by Gasteiger charge is -2.32. The van der Waals surface area contributed by atoms with Gasteiger partial charge in [0.05, 0.1) is 18.4 Å². The van der Waals surface area contributed by atoms with Gasteiger partial charge in [-0.1, -0.05) is 6.07 Å². The maximum Gasteiger partial charge on any atom is 0.126 e. The number of benzene rings is 2. The molecule has 178 valence electrons. The van der Waals surface area contributed by atoms with Crippen molar-refractivity contribution in [3.8, 4) is 22.9 Å². The molecule has 1 aliphatic heterocycles. The van der Waals surface area contributed by atoms with E-state index >= 15 is 0 Å². The van der Waals surface area contributed by atoms with E-state index in [1.54, 1.807) is 13.3 Å². The lowest BCUT2D eigenvalue weighted by molar-refractivity contribution is 0.148. The average molecular weight is 467 g/mol. The largest absolute Gasteiger partial charge is 0.496 e. The first-order chi connectivity index (χ1) is 17.1. The quantitative estimate of drug-likeness (QED) is 0.420. The molecule has 0 bridgehead atoms. The van der Waals surface area contributed by atoms with Crippen LogP contribution in [-0.4, -0.2) is 60.1 Å². The Balaban J connectivity index is 1.55. The van der Waals surface area contributed by atoms with Crippen LogP contribution < -0.4 is 10.1 Å². The molecule has 0 amide bonds. The number of aryl methyl sites for hydroxylation is 1. The van der Waals surface area contributed by atoms with Crippen LogP contribution in [0, 0.1) is 18.3 Å². The molecule has 0 aliphatic carbocycles. The number of hydrogen-bond acceptors (Lipinski definition) is 6. The summed E-state index contributed by atoms with van der Waals surface area (Å²) < 4.78 is 5.75. The average Bonchev–Trinajstić information content (AvgIpc) is 3.37. The molecule has 0 saturated carbocycles. The molecular weight excluding hydrogens is 436 g/mol. The fourth-order valence-electron chi connectivity index (χ4n) is 4.77.